The summed E-state index contributed by atoms with van der Waals surface area (Å²) >= 11 is 0. The smallest absolute Gasteiger partial charge is 0.306 e. The lowest BCUT2D eigenvalue weighted by molar-refractivity contribution is -0.148. The van der Waals surface area contributed by atoms with Crippen molar-refractivity contribution < 1.29 is 19.0 Å². The van der Waals surface area contributed by atoms with E-state index in [1.54, 1.807) is 0 Å². The molecule has 0 aliphatic heterocycles. The zero-order valence-electron chi connectivity index (χ0n) is 18.4. The molecule has 0 aromatic carbocycles. The molecule has 0 saturated heterocycles. The van der Waals surface area contributed by atoms with E-state index in [0.717, 1.165) is 32.3 Å². The lowest BCUT2D eigenvalue weighted by Gasteiger charge is -2.13. The van der Waals surface area contributed by atoms with Crippen LogP contribution >= 0.6 is 0 Å². The Morgan fingerprint density at radius 2 is 1.19 bits per heavy atom. The lowest BCUT2D eigenvalue weighted by Crippen LogP contribution is -2.15. The van der Waals surface area contributed by atoms with Crippen molar-refractivity contribution in [2.45, 2.75) is 117 Å². The summed E-state index contributed by atoms with van der Waals surface area (Å²) in [5, 5.41) is 0. The van der Waals surface area contributed by atoms with E-state index in [2.05, 4.69) is 13.8 Å². The Labute approximate surface area is 168 Å². The molecule has 4 nitrogen and oxygen atoms in total. The van der Waals surface area contributed by atoms with Crippen molar-refractivity contribution >= 4 is 5.97 Å². The molecule has 1 atom stereocenters. The van der Waals surface area contributed by atoms with Crippen molar-refractivity contribution in [1.82, 2.24) is 0 Å². The molecule has 0 radical (unpaired) electrons. The van der Waals surface area contributed by atoms with Crippen molar-refractivity contribution in [2.24, 2.45) is 0 Å². The van der Waals surface area contributed by atoms with Crippen LogP contribution in [-0.4, -0.2) is 38.5 Å². The van der Waals surface area contributed by atoms with Crippen LogP contribution in [0.5, 0.6) is 0 Å². The molecule has 27 heavy (non-hydrogen) atoms. The van der Waals surface area contributed by atoms with Gasteiger partial charge in [0.25, 0.3) is 0 Å². The maximum Gasteiger partial charge on any atom is 0.306 e. The number of ether oxygens (including phenoxy) is 3. The molecule has 0 aromatic rings. The number of rotatable bonds is 21. The fourth-order valence-corrected chi connectivity index (χ4v) is 3.00. The Kier molecular flexibility index (Phi) is 21.2. The fraction of sp³-hybridized carbons (Fsp3) is 0.957. The van der Waals surface area contributed by atoms with Gasteiger partial charge in [0.05, 0.1) is 19.3 Å². The third-order valence-corrected chi connectivity index (χ3v) is 4.73. The summed E-state index contributed by atoms with van der Waals surface area (Å²) in [6, 6.07) is 0. The van der Waals surface area contributed by atoms with Gasteiger partial charge in [-0.25, -0.2) is 0 Å². The molecule has 0 amide bonds. The number of carbonyl (C=O) groups excluding carboxylic acids is 1. The second-order valence-electron chi connectivity index (χ2n) is 7.60. The first-order chi connectivity index (χ1) is 13.2. The highest BCUT2D eigenvalue weighted by atomic mass is 16.5. The van der Waals surface area contributed by atoms with E-state index in [1.807, 2.05) is 6.92 Å². The average Bonchev–Trinajstić information content (AvgIpc) is 2.65. The lowest BCUT2D eigenvalue weighted by atomic mass is 10.1. The number of hydrogen-bond donors (Lipinski definition) is 0. The van der Waals surface area contributed by atoms with Crippen LogP contribution in [0.15, 0.2) is 0 Å². The molecule has 4 heteroatoms. The van der Waals surface area contributed by atoms with E-state index in [1.165, 1.54) is 57.8 Å². The molecule has 0 aliphatic rings. The van der Waals surface area contributed by atoms with E-state index in [9.17, 15) is 4.79 Å². The molecule has 0 aromatic heterocycles. The highest BCUT2D eigenvalue weighted by Crippen LogP contribution is 2.09. The Balaban J connectivity index is 3.20. The molecular weight excluding hydrogens is 340 g/mol. The molecule has 0 aliphatic carbocycles. The maximum atomic E-state index is 11.7. The Bertz CT molecular complexity index is 307. The van der Waals surface area contributed by atoms with Crippen molar-refractivity contribution in [3.63, 3.8) is 0 Å². The number of unbranched alkanes of at least 4 members (excludes halogenated alkanes) is 9. The van der Waals surface area contributed by atoms with Gasteiger partial charge in [-0.15, -0.1) is 0 Å². The average molecular weight is 387 g/mol. The van der Waals surface area contributed by atoms with Crippen LogP contribution in [0.2, 0.25) is 0 Å². The Morgan fingerprint density at radius 1 is 0.667 bits per heavy atom. The third-order valence-electron chi connectivity index (χ3n) is 4.73. The minimum Gasteiger partial charge on any atom is -0.463 e. The SMILES string of the molecule is CCCCCCCCCCOCCOCCCC(=O)OC(C)CCCCC. The minimum absolute atomic E-state index is 0.0368. The van der Waals surface area contributed by atoms with Gasteiger partial charge in [-0.1, -0.05) is 71.6 Å². The number of hydrogen-bond acceptors (Lipinski definition) is 4. The molecule has 1 unspecified atom stereocenters. The van der Waals surface area contributed by atoms with Gasteiger partial charge >= 0.3 is 5.97 Å². The predicted octanol–water partition coefficient (Wildman–Crippen LogP) is 6.45. The topological polar surface area (TPSA) is 44.8 Å². The van der Waals surface area contributed by atoms with E-state index in [0.29, 0.717) is 26.2 Å². The van der Waals surface area contributed by atoms with Gasteiger partial charge < -0.3 is 14.2 Å². The highest BCUT2D eigenvalue weighted by Gasteiger charge is 2.08. The van der Waals surface area contributed by atoms with Gasteiger partial charge in [-0.3, -0.25) is 4.79 Å². The molecule has 0 saturated carbocycles. The molecular formula is C23H46O4. The monoisotopic (exact) mass is 386 g/mol. The standard InChI is InChI=1S/C23H46O4/c1-4-6-8-9-10-11-12-14-18-25-20-21-26-19-15-17-23(24)27-22(3)16-13-7-5-2/h22H,4-21H2,1-3H3. The second kappa shape index (κ2) is 21.7. The van der Waals surface area contributed by atoms with Gasteiger partial charge in [0, 0.05) is 19.6 Å². The molecule has 0 N–H and O–H groups in total. The highest BCUT2D eigenvalue weighted by molar-refractivity contribution is 5.69. The van der Waals surface area contributed by atoms with Gasteiger partial charge in [-0.05, 0) is 32.6 Å². The summed E-state index contributed by atoms with van der Waals surface area (Å²) in [7, 11) is 0. The maximum absolute atomic E-state index is 11.7. The first kappa shape index (κ1) is 26.4. The van der Waals surface area contributed by atoms with E-state index in [4.69, 9.17) is 14.2 Å². The van der Waals surface area contributed by atoms with Crippen molar-refractivity contribution in [3.05, 3.63) is 0 Å². The van der Waals surface area contributed by atoms with Crippen LogP contribution in [0.1, 0.15) is 111 Å². The summed E-state index contributed by atoms with van der Waals surface area (Å²) in [5.41, 5.74) is 0. The zero-order valence-corrected chi connectivity index (χ0v) is 18.4. The van der Waals surface area contributed by atoms with E-state index < -0.39 is 0 Å². The van der Waals surface area contributed by atoms with Crippen molar-refractivity contribution in [3.8, 4) is 0 Å². The summed E-state index contributed by atoms with van der Waals surface area (Å²) in [5.74, 6) is -0.103. The van der Waals surface area contributed by atoms with Gasteiger partial charge in [-0.2, -0.15) is 0 Å². The summed E-state index contributed by atoms with van der Waals surface area (Å²) < 4.78 is 16.5. The molecule has 0 rings (SSSR count). The van der Waals surface area contributed by atoms with Gasteiger partial charge in [0.1, 0.15) is 0 Å². The molecule has 162 valence electrons. The van der Waals surface area contributed by atoms with Crippen molar-refractivity contribution in [2.75, 3.05) is 26.4 Å². The first-order valence-corrected chi connectivity index (χ1v) is 11.6. The van der Waals surface area contributed by atoms with Gasteiger partial charge in [0.15, 0.2) is 0 Å². The molecule has 0 spiro atoms. The Morgan fingerprint density at radius 3 is 1.81 bits per heavy atom. The Hall–Kier alpha value is -0.610. The van der Waals surface area contributed by atoms with Crippen LogP contribution in [0.25, 0.3) is 0 Å². The number of esters is 1. The largest absolute Gasteiger partial charge is 0.463 e. The number of carbonyl (C=O) groups is 1. The van der Waals surface area contributed by atoms with Crippen LogP contribution < -0.4 is 0 Å². The molecule has 0 bridgehead atoms. The normalized spacial score (nSPS) is 12.3. The van der Waals surface area contributed by atoms with E-state index in [-0.39, 0.29) is 12.1 Å². The second-order valence-corrected chi connectivity index (χ2v) is 7.60. The minimum atomic E-state index is -0.103. The molecule has 0 heterocycles. The quantitative estimate of drug-likeness (QED) is 0.168. The van der Waals surface area contributed by atoms with Gasteiger partial charge in [0.2, 0.25) is 0 Å². The van der Waals surface area contributed by atoms with Crippen LogP contribution in [0, 0.1) is 0 Å². The van der Waals surface area contributed by atoms with Crippen LogP contribution in [-0.2, 0) is 19.0 Å². The zero-order chi connectivity index (χ0) is 20.0. The predicted molar refractivity (Wildman–Crippen MR) is 113 cm³/mol. The fourth-order valence-electron chi connectivity index (χ4n) is 3.00. The summed E-state index contributed by atoms with van der Waals surface area (Å²) in [6.45, 7) is 9.11. The first-order valence-electron chi connectivity index (χ1n) is 11.6. The van der Waals surface area contributed by atoms with Crippen LogP contribution in [0.3, 0.4) is 0 Å². The summed E-state index contributed by atoms with van der Waals surface area (Å²) in [4.78, 5) is 11.7. The van der Waals surface area contributed by atoms with E-state index >= 15 is 0 Å². The van der Waals surface area contributed by atoms with Crippen LogP contribution in [0.4, 0.5) is 0 Å². The van der Waals surface area contributed by atoms with Crippen molar-refractivity contribution in [1.29, 1.82) is 0 Å². The summed E-state index contributed by atoms with van der Waals surface area (Å²) in [6.07, 6.45) is 16.3. The third kappa shape index (κ3) is 21.5. The molecule has 0 fully saturated rings.